The zero-order chi connectivity index (χ0) is 23.4. The van der Waals surface area contributed by atoms with Crippen LogP contribution < -0.4 is 4.74 Å². The molecular formula is C22H23F6OPS. The molecule has 0 saturated carbocycles. The molecule has 0 spiro atoms. The predicted molar refractivity (Wildman–Crippen MR) is 115 cm³/mol. The summed E-state index contributed by atoms with van der Waals surface area (Å²) in [6.45, 7) is 6.21. The van der Waals surface area contributed by atoms with Crippen LogP contribution in [0.4, 0.5) is 25.2 Å². The third-order valence-electron chi connectivity index (χ3n) is 3.44. The van der Waals surface area contributed by atoms with Gasteiger partial charge in [-0.25, -0.2) is 0 Å². The van der Waals surface area contributed by atoms with Crippen molar-refractivity contribution in [1.82, 2.24) is 0 Å². The molecule has 3 aromatic rings. The SMILES string of the molecule is CC(C)(C)Oc1ccc([S+](c2ccccc2)c2ccccc2)cc1.F[P-](F)(F)(F)(F)F. The summed E-state index contributed by atoms with van der Waals surface area (Å²) >= 11 is 0. The molecule has 0 bridgehead atoms. The zero-order valence-corrected chi connectivity index (χ0v) is 18.8. The van der Waals surface area contributed by atoms with Gasteiger partial charge in [0.15, 0.2) is 14.7 Å². The van der Waals surface area contributed by atoms with Crippen LogP contribution in [0.25, 0.3) is 0 Å². The molecule has 1 nitrogen and oxygen atoms in total. The molecule has 0 aromatic heterocycles. The molecule has 3 rings (SSSR count). The van der Waals surface area contributed by atoms with E-state index in [0.29, 0.717) is 0 Å². The van der Waals surface area contributed by atoms with E-state index in [2.05, 4.69) is 106 Å². The summed E-state index contributed by atoms with van der Waals surface area (Å²) in [6.07, 6.45) is 0. The molecule has 170 valence electrons. The van der Waals surface area contributed by atoms with Gasteiger partial charge in [0.05, 0.1) is 10.9 Å². The van der Waals surface area contributed by atoms with Crippen molar-refractivity contribution in [3.8, 4) is 5.75 Å². The third kappa shape index (κ3) is 11.1. The standard InChI is InChI=1S/C22H23OS.F6P/c1-22(2,3)23-18-14-16-21(17-15-18)24(19-10-6-4-7-11-19)20-12-8-5-9-13-20;1-7(2,3,4,5)6/h4-17H,1-3H3;/q+1;-1. The Bertz CT molecular complexity index is 920. The molecule has 0 fully saturated rings. The molecule has 9 heteroatoms. The Balaban J connectivity index is 0.000000423. The molecule has 0 aliphatic carbocycles. The number of benzene rings is 3. The van der Waals surface area contributed by atoms with Gasteiger partial charge in [-0.2, -0.15) is 0 Å². The number of rotatable bonds is 4. The van der Waals surface area contributed by atoms with Crippen LogP contribution in [0.15, 0.2) is 99.6 Å². The van der Waals surface area contributed by atoms with Gasteiger partial charge in [0.2, 0.25) is 0 Å². The van der Waals surface area contributed by atoms with Gasteiger partial charge in [-0.15, -0.1) is 0 Å². The fourth-order valence-electron chi connectivity index (χ4n) is 2.52. The van der Waals surface area contributed by atoms with Crippen LogP contribution in [0.2, 0.25) is 0 Å². The van der Waals surface area contributed by atoms with Crippen molar-refractivity contribution in [2.75, 3.05) is 0 Å². The molecule has 0 atom stereocenters. The van der Waals surface area contributed by atoms with E-state index in [1.807, 2.05) is 0 Å². The topological polar surface area (TPSA) is 9.23 Å². The monoisotopic (exact) mass is 480 g/mol. The average Bonchev–Trinajstić information content (AvgIpc) is 2.61. The fourth-order valence-corrected chi connectivity index (χ4v) is 4.60. The average molecular weight is 480 g/mol. The number of halogens is 6. The van der Waals surface area contributed by atoms with Gasteiger partial charge in [0.1, 0.15) is 11.4 Å². The first-order chi connectivity index (χ1) is 14.0. The summed E-state index contributed by atoms with van der Waals surface area (Å²) in [5.74, 6) is 0.913. The van der Waals surface area contributed by atoms with E-state index in [1.165, 1.54) is 14.7 Å². The summed E-state index contributed by atoms with van der Waals surface area (Å²) in [6, 6.07) is 29.9. The minimum atomic E-state index is -10.7. The third-order valence-corrected chi connectivity index (χ3v) is 5.67. The van der Waals surface area contributed by atoms with Crippen LogP contribution in [0, 0.1) is 0 Å². The van der Waals surface area contributed by atoms with Gasteiger partial charge >= 0.3 is 33.0 Å². The maximum atomic E-state index is 9.87. The molecule has 0 aliphatic rings. The van der Waals surface area contributed by atoms with Crippen LogP contribution in [0.5, 0.6) is 5.75 Å². The number of hydrogen-bond acceptors (Lipinski definition) is 1. The van der Waals surface area contributed by atoms with Crippen molar-refractivity contribution in [3.63, 3.8) is 0 Å². The summed E-state index contributed by atoms with van der Waals surface area (Å²) in [7, 11) is -10.8. The van der Waals surface area contributed by atoms with Crippen LogP contribution in [-0.2, 0) is 10.9 Å². The van der Waals surface area contributed by atoms with Gasteiger partial charge in [-0.3, -0.25) is 0 Å². The fraction of sp³-hybridized carbons (Fsp3) is 0.182. The van der Waals surface area contributed by atoms with Crippen molar-refractivity contribution in [3.05, 3.63) is 84.9 Å². The van der Waals surface area contributed by atoms with Gasteiger partial charge in [0, 0.05) is 0 Å². The first-order valence-corrected chi connectivity index (χ1v) is 12.4. The predicted octanol–water partition coefficient (Wildman–Crippen LogP) is 9.34. The normalized spacial score (nSPS) is 14.1. The van der Waals surface area contributed by atoms with E-state index in [0.717, 1.165) is 5.75 Å². The Morgan fingerprint density at radius 1 is 0.581 bits per heavy atom. The first-order valence-electron chi connectivity index (χ1n) is 9.18. The Hall–Kier alpha value is -2.18. The van der Waals surface area contributed by atoms with Gasteiger partial charge in [0.25, 0.3) is 0 Å². The molecule has 3 aromatic carbocycles. The number of ether oxygens (including phenoxy) is 1. The van der Waals surface area contributed by atoms with Crippen LogP contribution >= 0.6 is 7.81 Å². The second kappa shape index (κ2) is 8.40. The molecule has 0 amide bonds. The molecule has 0 N–H and O–H groups in total. The quantitative estimate of drug-likeness (QED) is 0.205. The first kappa shape index (κ1) is 25.1. The van der Waals surface area contributed by atoms with Gasteiger partial charge in [-0.1, -0.05) is 36.4 Å². The van der Waals surface area contributed by atoms with Crippen molar-refractivity contribution in [1.29, 1.82) is 0 Å². The van der Waals surface area contributed by atoms with Crippen molar-refractivity contribution >= 4 is 18.7 Å². The maximum absolute atomic E-state index is 10.7. The van der Waals surface area contributed by atoms with Crippen LogP contribution in [0.3, 0.4) is 0 Å². The van der Waals surface area contributed by atoms with Crippen molar-refractivity contribution < 1.29 is 29.9 Å². The van der Waals surface area contributed by atoms with E-state index in [4.69, 9.17) is 4.74 Å². The van der Waals surface area contributed by atoms with Gasteiger partial charge in [-0.05, 0) is 69.3 Å². The van der Waals surface area contributed by atoms with Crippen molar-refractivity contribution in [2.24, 2.45) is 0 Å². The summed E-state index contributed by atoms with van der Waals surface area (Å²) in [4.78, 5) is 3.95. The molecular weight excluding hydrogens is 457 g/mol. The minimum absolute atomic E-state index is 0.102. The molecule has 0 saturated heterocycles. The Kier molecular flexibility index (Phi) is 6.79. The molecule has 0 radical (unpaired) electrons. The second-order valence-corrected chi connectivity index (χ2v) is 11.5. The Morgan fingerprint density at radius 2 is 0.903 bits per heavy atom. The van der Waals surface area contributed by atoms with Crippen molar-refractivity contribution in [2.45, 2.75) is 41.1 Å². The molecule has 31 heavy (non-hydrogen) atoms. The summed E-state index contributed by atoms with van der Waals surface area (Å²) < 4.78 is 65.1. The molecule has 0 aliphatic heterocycles. The molecule has 0 heterocycles. The van der Waals surface area contributed by atoms with Gasteiger partial charge < -0.3 is 4.74 Å². The van der Waals surface area contributed by atoms with Crippen LogP contribution in [0.1, 0.15) is 20.8 Å². The Labute approximate surface area is 180 Å². The molecule has 0 unspecified atom stereocenters. The second-order valence-electron chi connectivity index (χ2n) is 7.58. The van der Waals surface area contributed by atoms with E-state index in [-0.39, 0.29) is 16.5 Å². The number of hydrogen-bond donors (Lipinski definition) is 0. The Morgan fingerprint density at radius 3 is 1.23 bits per heavy atom. The summed E-state index contributed by atoms with van der Waals surface area (Å²) in [5, 5.41) is 0. The van der Waals surface area contributed by atoms with E-state index < -0.39 is 7.81 Å². The zero-order valence-electron chi connectivity index (χ0n) is 17.1. The van der Waals surface area contributed by atoms with E-state index >= 15 is 0 Å². The van der Waals surface area contributed by atoms with Crippen LogP contribution in [-0.4, -0.2) is 5.60 Å². The summed E-state index contributed by atoms with van der Waals surface area (Å²) in [5.41, 5.74) is -0.179. The van der Waals surface area contributed by atoms with E-state index in [9.17, 15) is 25.2 Å². The van der Waals surface area contributed by atoms with E-state index in [1.54, 1.807) is 0 Å².